The Morgan fingerprint density at radius 2 is 2.26 bits per heavy atom. The summed E-state index contributed by atoms with van der Waals surface area (Å²) in [5.41, 5.74) is 6.80. The Morgan fingerprint density at radius 1 is 1.47 bits per heavy atom. The Balaban J connectivity index is 2.35. The van der Waals surface area contributed by atoms with Crippen molar-refractivity contribution in [2.75, 3.05) is 43.2 Å². The molecule has 0 aliphatic carbocycles. The summed E-state index contributed by atoms with van der Waals surface area (Å²) < 4.78 is 5.48. The fraction of sp³-hybridized carbons (Fsp3) is 0.615. The standard InChI is InChI=1S/C13H20N2O2S2/c1-3-9(16)11-10(14)12(18-2)13(19-11)15-5-4-7-17-8-6-15/h3-8,14H2,1-2H3. The number of anilines is 2. The van der Waals surface area contributed by atoms with E-state index >= 15 is 0 Å². The SMILES string of the molecule is CCC(=O)c1sc(N2CCCOCC2)c(SC)c1N. The summed E-state index contributed by atoms with van der Waals surface area (Å²) in [6.07, 6.45) is 3.53. The Bertz CT molecular complexity index is 452. The van der Waals surface area contributed by atoms with Crippen molar-refractivity contribution in [3.63, 3.8) is 0 Å². The number of nitrogen functional groups attached to an aromatic ring is 1. The number of carbonyl (C=O) groups is 1. The van der Waals surface area contributed by atoms with Gasteiger partial charge in [0.1, 0.15) is 5.00 Å². The van der Waals surface area contributed by atoms with Crippen LogP contribution in [0.1, 0.15) is 29.4 Å². The molecule has 1 fully saturated rings. The van der Waals surface area contributed by atoms with E-state index in [4.69, 9.17) is 10.5 Å². The van der Waals surface area contributed by atoms with Crippen molar-refractivity contribution in [3.8, 4) is 0 Å². The molecule has 0 amide bonds. The third-order valence-electron chi connectivity index (χ3n) is 3.17. The molecule has 1 aromatic rings. The normalized spacial score (nSPS) is 16.4. The molecule has 2 N–H and O–H groups in total. The number of ketones is 1. The van der Waals surface area contributed by atoms with Crippen molar-refractivity contribution in [3.05, 3.63) is 4.88 Å². The van der Waals surface area contributed by atoms with Crippen molar-refractivity contribution in [2.24, 2.45) is 0 Å². The number of nitrogens with zero attached hydrogens (tertiary/aromatic N) is 1. The predicted octanol–water partition coefficient (Wildman–Crippen LogP) is 2.87. The Kier molecular flexibility index (Phi) is 5.13. The van der Waals surface area contributed by atoms with Crippen molar-refractivity contribution >= 4 is 39.6 Å². The maximum Gasteiger partial charge on any atom is 0.174 e. The van der Waals surface area contributed by atoms with Crippen LogP contribution in [0.15, 0.2) is 4.90 Å². The lowest BCUT2D eigenvalue weighted by atomic mass is 10.2. The second kappa shape index (κ2) is 6.63. The summed E-state index contributed by atoms with van der Waals surface area (Å²) >= 11 is 3.16. The lowest BCUT2D eigenvalue weighted by molar-refractivity contribution is 0.0992. The molecule has 4 nitrogen and oxygen atoms in total. The monoisotopic (exact) mass is 300 g/mol. The first-order valence-electron chi connectivity index (χ1n) is 6.51. The van der Waals surface area contributed by atoms with Gasteiger partial charge in [0.25, 0.3) is 0 Å². The molecule has 1 aliphatic heterocycles. The highest BCUT2D eigenvalue weighted by Crippen LogP contribution is 2.44. The minimum atomic E-state index is 0.134. The van der Waals surface area contributed by atoms with Gasteiger partial charge in [-0.05, 0) is 12.7 Å². The van der Waals surface area contributed by atoms with Crippen LogP contribution in [-0.4, -0.2) is 38.3 Å². The zero-order chi connectivity index (χ0) is 13.8. The fourth-order valence-corrected chi connectivity index (χ4v) is 4.38. The third-order valence-corrected chi connectivity index (χ3v) is 5.43. The molecule has 1 aliphatic rings. The third kappa shape index (κ3) is 3.07. The van der Waals surface area contributed by atoms with Gasteiger partial charge in [-0.3, -0.25) is 4.79 Å². The van der Waals surface area contributed by atoms with Crippen LogP contribution in [0.5, 0.6) is 0 Å². The Morgan fingerprint density at radius 3 is 2.95 bits per heavy atom. The molecule has 0 spiro atoms. The summed E-state index contributed by atoms with van der Waals surface area (Å²) in [6, 6.07) is 0. The molecule has 1 saturated heterocycles. The van der Waals surface area contributed by atoms with Gasteiger partial charge in [-0.15, -0.1) is 23.1 Å². The first-order valence-corrected chi connectivity index (χ1v) is 8.55. The van der Waals surface area contributed by atoms with Gasteiger partial charge < -0.3 is 15.4 Å². The molecule has 0 atom stereocenters. The molecule has 19 heavy (non-hydrogen) atoms. The topological polar surface area (TPSA) is 55.6 Å². The van der Waals surface area contributed by atoms with Gasteiger partial charge in [0.15, 0.2) is 5.78 Å². The summed E-state index contributed by atoms with van der Waals surface area (Å²) in [4.78, 5) is 16.0. The lowest BCUT2D eigenvalue weighted by Crippen LogP contribution is -2.25. The summed E-state index contributed by atoms with van der Waals surface area (Å²) in [5, 5.41) is 1.13. The van der Waals surface area contributed by atoms with Crippen LogP contribution in [0.2, 0.25) is 0 Å². The van der Waals surface area contributed by atoms with Crippen LogP contribution in [0.4, 0.5) is 10.7 Å². The molecular formula is C13H20N2O2S2. The quantitative estimate of drug-likeness (QED) is 0.684. The lowest BCUT2D eigenvalue weighted by Gasteiger charge is -2.21. The zero-order valence-electron chi connectivity index (χ0n) is 11.4. The van der Waals surface area contributed by atoms with Crippen molar-refractivity contribution in [1.29, 1.82) is 0 Å². The molecular weight excluding hydrogens is 280 g/mol. The maximum atomic E-state index is 11.9. The van der Waals surface area contributed by atoms with E-state index in [1.807, 2.05) is 13.2 Å². The van der Waals surface area contributed by atoms with Crippen LogP contribution in [0, 0.1) is 0 Å². The summed E-state index contributed by atoms with van der Waals surface area (Å²) in [5.74, 6) is 0.134. The number of carbonyl (C=O) groups excluding carboxylic acids is 1. The summed E-state index contributed by atoms with van der Waals surface area (Å²) in [6.45, 7) is 5.26. The molecule has 106 valence electrons. The number of hydrogen-bond acceptors (Lipinski definition) is 6. The smallest absolute Gasteiger partial charge is 0.174 e. The molecule has 2 heterocycles. The van der Waals surface area contributed by atoms with Crippen LogP contribution < -0.4 is 10.6 Å². The molecule has 0 bridgehead atoms. The number of rotatable bonds is 4. The van der Waals surface area contributed by atoms with Gasteiger partial charge in [-0.25, -0.2) is 0 Å². The second-order valence-electron chi connectivity index (χ2n) is 4.41. The highest BCUT2D eigenvalue weighted by Gasteiger charge is 2.23. The van der Waals surface area contributed by atoms with Crippen LogP contribution >= 0.6 is 23.1 Å². The van der Waals surface area contributed by atoms with E-state index in [2.05, 4.69) is 4.90 Å². The zero-order valence-corrected chi connectivity index (χ0v) is 13.0. The number of thiophene rings is 1. The maximum absolute atomic E-state index is 11.9. The molecule has 0 saturated carbocycles. The van der Waals surface area contributed by atoms with Crippen LogP contribution in [-0.2, 0) is 4.74 Å². The number of nitrogens with two attached hydrogens (primary N) is 1. The van der Waals surface area contributed by atoms with Crippen molar-refractivity contribution in [2.45, 2.75) is 24.7 Å². The van der Waals surface area contributed by atoms with E-state index in [-0.39, 0.29) is 5.78 Å². The number of Topliss-reactive ketones (excluding diaryl/α,β-unsaturated/α-hetero) is 1. The van der Waals surface area contributed by atoms with Gasteiger partial charge in [0.2, 0.25) is 0 Å². The Hall–Kier alpha value is -0.720. The molecule has 0 aromatic carbocycles. The molecule has 1 aromatic heterocycles. The van der Waals surface area contributed by atoms with E-state index in [0.717, 1.165) is 42.6 Å². The largest absolute Gasteiger partial charge is 0.396 e. The number of ether oxygens (including phenoxy) is 1. The van der Waals surface area contributed by atoms with E-state index in [9.17, 15) is 4.79 Å². The molecule has 2 rings (SSSR count). The Labute approximate surface area is 122 Å². The number of hydrogen-bond donors (Lipinski definition) is 1. The molecule has 0 radical (unpaired) electrons. The molecule has 6 heteroatoms. The van der Waals surface area contributed by atoms with E-state index in [0.29, 0.717) is 17.0 Å². The average molecular weight is 300 g/mol. The highest BCUT2D eigenvalue weighted by molar-refractivity contribution is 7.99. The first-order chi connectivity index (χ1) is 9.19. The van der Waals surface area contributed by atoms with Gasteiger partial charge in [0, 0.05) is 26.1 Å². The predicted molar refractivity (Wildman–Crippen MR) is 82.8 cm³/mol. The highest BCUT2D eigenvalue weighted by atomic mass is 32.2. The van der Waals surface area contributed by atoms with E-state index in [1.165, 1.54) is 11.3 Å². The van der Waals surface area contributed by atoms with Crippen molar-refractivity contribution in [1.82, 2.24) is 0 Å². The van der Waals surface area contributed by atoms with Crippen LogP contribution in [0.25, 0.3) is 0 Å². The fourth-order valence-electron chi connectivity index (χ4n) is 2.14. The van der Waals surface area contributed by atoms with Crippen LogP contribution in [0.3, 0.4) is 0 Å². The van der Waals surface area contributed by atoms with Gasteiger partial charge in [-0.1, -0.05) is 6.92 Å². The minimum absolute atomic E-state index is 0.134. The first kappa shape index (κ1) is 14.7. The number of thioether (sulfide) groups is 1. The van der Waals surface area contributed by atoms with E-state index in [1.54, 1.807) is 11.8 Å². The molecule has 0 unspecified atom stereocenters. The van der Waals surface area contributed by atoms with E-state index < -0.39 is 0 Å². The van der Waals surface area contributed by atoms with Gasteiger partial charge in [-0.2, -0.15) is 0 Å². The minimum Gasteiger partial charge on any atom is -0.396 e. The second-order valence-corrected chi connectivity index (χ2v) is 6.23. The van der Waals surface area contributed by atoms with Crippen molar-refractivity contribution < 1.29 is 9.53 Å². The summed E-state index contributed by atoms with van der Waals surface area (Å²) in [7, 11) is 0. The van der Waals surface area contributed by atoms with Gasteiger partial charge >= 0.3 is 0 Å². The average Bonchev–Trinajstić information content (AvgIpc) is 2.61. The van der Waals surface area contributed by atoms with Gasteiger partial charge in [0.05, 0.1) is 22.1 Å².